The Bertz CT molecular complexity index is 1170. The fourth-order valence-electron chi connectivity index (χ4n) is 2.78. The van der Waals surface area contributed by atoms with E-state index in [4.69, 9.17) is 11.6 Å². The molecule has 0 atom stereocenters. The molecule has 0 fully saturated rings. The molecule has 150 valence electrons. The fourth-order valence-corrected chi connectivity index (χ4v) is 3.86. The van der Waals surface area contributed by atoms with E-state index in [1.165, 1.54) is 18.2 Å². The van der Waals surface area contributed by atoms with Gasteiger partial charge in [-0.25, -0.2) is 18.2 Å². The third-order valence-electron chi connectivity index (χ3n) is 4.11. The van der Waals surface area contributed by atoms with E-state index in [2.05, 4.69) is 10.5 Å². The van der Waals surface area contributed by atoms with Gasteiger partial charge < -0.3 is 0 Å². The first-order valence-electron chi connectivity index (χ1n) is 8.49. The maximum Gasteiger partial charge on any atom is 0.260 e. The van der Waals surface area contributed by atoms with Crippen LogP contribution in [-0.4, -0.2) is 33.3 Å². The summed E-state index contributed by atoms with van der Waals surface area (Å²) in [5, 5.41) is 5.35. The van der Waals surface area contributed by atoms with E-state index in [-0.39, 0.29) is 10.6 Å². The molecule has 3 aromatic carbocycles. The Balaban J connectivity index is 1.83. The number of hydrogen-bond acceptors (Lipinski definition) is 4. The largest absolute Gasteiger partial charge is 0.271 e. The summed E-state index contributed by atoms with van der Waals surface area (Å²) in [7, 11) is -3.76. The van der Waals surface area contributed by atoms with E-state index in [9.17, 15) is 17.6 Å². The smallest absolute Gasteiger partial charge is 0.260 e. The second kappa shape index (κ2) is 8.59. The molecule has 1 amide bonds. The maximum absolute atomic E-state index is 13.7. The Morgan fingerprint density at radius 3 is 2.55 bits per heavy atom. The molecule has 0 bridgehead atoms. The van der Waals surface area contributed by atoms with Crippen LogP contribution >= 0.6 is 11.6 Å². The van der Waals surface area contributed by atoms with Gasteiger partial charge >= 0.3 is 0 Å². The minimum Gasteiger partial charge on any atom is -0.271 e. The molecule has 0 aliphatic carbocycles. The number of nitrogens with one attached hydrogen (secondary N) is 1. The van der Waals surface area contributed by atoms with Gasteiger partial charge in [0.1, 0.15) is 12.4 Å². The number of halogens is 2. The average Bonchev–Trinajstić information content (AvgIpc) is 2.67. The van der Waals surface area contributed by atoms with Crippen molar-refractivity contribution in [3.05, 3.63) is 77.1 Å². The number of hydrazone groups is 1. The molecular formula is C20H17ClFN3O3S. The Morgan fingerprint density at radius 2 is 1.83 bits per heavy atom. The lowest BCUT2D eigenvalue weighted by Gasteiger charge is -2.23. The molecule has 6 nitrogen and oxygen atoms in total. The number of anilines is 1. The number of carbonyl (C=O) groups excluding carboxylic acids is 1. The van der Waals surface area contributed by atoms with Gasteiger partial charge in [0.15, 0.2) is 0 Å². The van der Waals surface area contributed by atoms with Crippen LogP contribution < -0.4 is 9.73 Å². The van der Waals surface area contributed by atoms with Crippen LogP contribution in [-0.2, 0) is 14.8 Å². The van der Waals surface area contributed by atoms with Gasteiger partial charge in [-0.2, -0.15) is 5.10 Å². The van der Waals surface area contributed by atoms with Crippen LogP contribution in [0.5, 0.6) is 0 Å². The first kappa shape index (κ1) is 20.8. The average molecular weight is 434 g/mol. The number of carbonyl (C=O) groups is 1. The number of sulfonamides is 1. The minimum atomic E-state index is -3.76. The van der Waals surface area contributed by atoms with Gasteiger partial charge in [-0.1, -0.05) is 54.1 Å². The molecule has 0 heterocycles. The number of nitrogens with zero attached hydrogens (tertiary/aromatic N) is 2. The molecule has 9 heteroatoms. The summed E-state index contributed by atoms with van der Waals surface area (Å²) in [6.07, 6.45) is 2.09. The minimum absolute atomic E-state index is 0.0171. The second-order valence-electron chi connectivity index (χ2n) is 6.20. The topological polar surface area (TPSA) is 78.8 Å². The highest BCUT2D eigenvalue weighted by atomic mass is 35.5. The third-order valence-corrected chi connectivity index (χ3v) is 5.56. The number of hydrogen-bond donors (Lipinski definition) is 1. The van der Waals surface area contributed by atoms with E-state index in [0.717, 1.165) is 22.2 Å². The van der Waals surface area contributed by atoms with E-state index in [1.54, 1.807) is 24.3 Å². The summed E-state index contributed by atoms with van der Waals surface area (Å²) in [5.74, 6) is -1.28. The van der Waals surface area contributed by atoms with Crippen molar-refractivity contribution in [2.75, 3.05) is 17.1 Å². The molecule has 3 aromatic rings. The number of rotatable bonds is 6. The van der Waals surface area contributed by atoms with E-state index >= 15 is 0 Å². The zero-order chi connectivity index (χ0) is 21.0. The van der Waals surface area contributed by atoms with Gasteiger partial charge in [-0.15, -0.1) is 0 Å². The molecular weight excluding hydrogens is 417 g/mol. The Kier molecular flexibility index (Phi) is 6.14. The van der Waals surface area contributed by atoms with Gasteiger partial charge in [0, 0.05) is 10.9 Å². The molecule has 0 spiro atoms. The van der Waals surface area contributed by atoms with E-state index in [1.807, 2.05) is 18.2 Å². The predicted molar refractivity (Wildman–Crippen MR) is 113 cm³/mol. The molecule has 0 aliphatic rings. The fraction of sp³-hybridized carbons (Fsp3) is 0.100. The molecule has 3 rings (SSSR count). The normalized spacial score (nSPS) is 11.7. The van der Waals surface area contributed by atoms with Crippen LogP contribution in [0.1, 0.15) is 5.56 Å². The highest BCUT2D eigenvalue weighted by molar-refractivity contribution is 7.92. The molecule has 0 saturated carbocycles. The molecule has 0 aromatic heterocycles. The van der Waals surface area contributed by atoms with Crippen LogP contribution in [0, 0.1) is 5.82 Å². The van der Waals surface area contributed by atoms with Crippen LogP contribution in [0.15, 0.2) is 65.8 Å². The summed E-state index contributed by atoms with van der Waals surface area (Å²) in [5.41, 5.74) is 2.60. The summed E-state index contributed by atoms with van der Waals surface area (Å²) < 4.78 is 39.4. The standard InChI is InChI=1S/C20H17ClFN3O3S/c1-29(27,28)25(19-11-4-7-14-6-2-3-8-15(14)19)13-20(26)24-23-12-16-17(21)9-5-10-18(16)22/h2-12H,13H2,1H3,(H,24,26)/b23-12+. The molecule has 0 radical (unpaired) electrons. The SMILES string of the molecule is CS(=O)(=O)N(CC(=O)N/N=C/c1c(F)cccc1Cl)c1cccc2ccccc12. The first-order valence-corrected chi connectivity index (χ1v) is 10.7. The summed E-state index contributed by atoms with van der Waals surface area (Å²) in [6.45, 7) is -0.491. The highest BCUT2D eigenvalue weighted by Crippen LogP contribution is 2.28. The van der Waals surface area contributed by atoms with Crippen molar-refractivity contribution in [3.8, 4) is 0 Å². The van der Waals surface area contributed by atoms with Crippen LogP contribution in [0.4, 0.5) is 10.1 Å². The van der Waals surface area contributed by atoms with Gasteiger partial charge in [0.2, 0.25) is 10.0 Å². The summed E-state index contributed by atoms with van der Waals surface area (Å²) in [6, 6.07) is 16.6. The molecule has 0 unspecified atom stereocenters. The summed E-state index contributed by atoms with van der Waals surface area (Å²) in [4.78, 5) is 12.3. The van der Waals surface area contributed by atoms with Crippen molar-refractivity contribution in [1.82, 2.24) is 5.43 Å². The Labute approximate surface area is 172 Å². The van der Waals surface area contributed by atoms with Crippen LogP contribution in [0.2, 0.25) is 5.02 Å². The van der Waals surface area contributed by atoms with Crippen LogP contribution in [0.25, 0.3) is 10.8 Å². The Morgan fingerprint density at radius 1 is 1.14 bits per heavy atom. The third kappa shape index (κ3) is 4.90. The Hall–Kier alpha value is -2.97. The quantitative estimate of drug-likeness (QED) is 0.477. The van der Waals surface area contributed by atoms with Crippen molar-refractivity contribution in [3.63, 3.8) is 0 Å². The van der Waals surface area contributed by atoms with Gasteiger partial charge in [-0.05, 0) is 23.6 Å². The van der Waals surface area contributed by atoms with Gasteiger partial charge in [0.05, 0.1) is 23.2 Å². The monoisotopic (exact) mass is 433 g/mol. The molecule has 0 saturated heterocycles. The van der Waals surface area contributed by atoms with Crippen molar-refractivity contribution >= 4 is 50.2 Å². The lowest BCUT2D eigenvalue weighted by Crippen LogP contribution is -2.39. The summed E-state index contributed by atoms with van der Waals surface area (Å²) >= 11 is 5.89. The van der Waals surface area contributed by atoms with Gasteiger partial charge in [0.25, 0.3) is 5.91 Å². The highest BCUT2D eigenvalue weighted by Gasteiger charge is 2.22. The van der Waals surface area contributed by atoms with E-state index < -0.39 is 28.3 Å². The number of benzene rings is 3. The van der Waals surface area contributed by atoms with Crippen molar-refractivity contribution in [2.24, 2.45) is 5.10 Å². The van der Waals surface area contributed by atoms with Crippen molar-refractivity contribution < 1.29 is 17.6 Å². The van der Waals surface area contributed by atoms with Crippen molar-refractivity contribution in [1.29, 1.82) is 0 Å². The molecule has 1 N–H and O–H groups in total. The predicted octanol–water partition coefficient (Wildman–Crippen LogP) is 3.55. The lowest BCUT2D eigenvalue weighted by atomic mass is 10.1. The zero-order valence-electron chi connectivity index (χ0n) is 15.3. The second-order valence-corrected chi connectivity index (χ2v) is 8.51. The lowest BCUT2D eigenvalue weighted by molar-refractivity contribution is -0.119. The number of fused-ring (bicyclic) bond motifs is 1. The maximum atomic E-state index is 13.7. The van der Waals surface area contributed by atoms with Crippen LogP contribution in [0.3, 0.4) is 0 Å². The van der Waals surface area contributed by atoms with E-state index in [0.29, 0.717) is 11.1 Å². The first-order chi connectivity index (χ1) is 13.8. The zero-order valence-corrected chi connectivity index (χ0v) is 16.9. The van der Waals surface area contributed by atoms with Crippen molar-refractivity contribution in [2.45, 2.75) is 0 Å². The number of amides is 1. The molecule has 29 heavy (non-hydrogen) atoms. The van der Waals surface area contributed by atoms with Gasteiger partial charge in [-0.3, -0.25) is 9.10 Å². The molecule has 0 aliphatic heterocycles.